The minimum atomic E-state index is -3.97. The first-order chi connectivity index (χ1) is 4.91. The molecule has 0 radical (unpaired) electrons. The van der Waals surface area contributed by atoms with Gasteiger partial charge in [-0.3, -0.25) is 0 Å². The van der Waals surface area contributed by atoms with Crippen molar-refractivity contribution in [3.8, 4) is 0 Å². The van der Waals surface area contributed by atoms with E-state index in [1.807, 2.05) is 6.92 Å². The van der Waals surface area contributed by atoms with Crippen LogP contribution in [0.25, 0.3) is 0 Å². The summed E-state index contributed by atoms with van der Waals surface area (Å²) in [5.41, 5.74) is 0. The number of halogens is 3. The lowest BCUT2D eigenvalue weighted by Crippen LogP contribution is -2.24. The topological polar surface area (TPSA) is 0 Å². The second-order valence-electron chi connectivity index (χ2n) is 3.70. The highest BCUT2D eigenvalue weighted by atomic mass is 19.4. The highest BCUT2D eigenvalue weighted by Crippen LogP contribution is 2.45. The van der Waals surface area contributed by atoms with Gasteiger partial charge in [-0.15, -0.1) is 0 Å². The van der Waals surface area contributed by atoms with E-state index < -0.39 is 12.1 Å². The molecule has 0 nitrogen and oxygen atoms in total. The van der Waals surface area contributed by atoms with Crippen molar-refractivity contribution >= 4 is 0 Å². The molecule has 3 unspecified atom stereocenters. The summed E-state index contributed by atoms with van der Waals surface area (Å²) < 4.78 is 36.6. The molecule has 1 saturated carbocycles. The zero-order valence-electron chi connectivity index (χ0n) is 6.78. The third kappa shape index (κ3) is 1.88. The van der Waals surface area contributed by atoms with Gasteiger partial charge in [-0.25, -0.2) is 0 Å². The van der Waals surface area contributed by atoms with Crippen LogP contribution in [0.3, 0.4) is 0 Å². The quantitative estimate of drug-likeness (QED) is 0.518. The van der Waals surface area contributed by atoms with E-state index in [9.17, 15) is 13.2 Å². The Kier molecular flexibility index (Phi) is 2.17. The molecule has 0 saturated heterocycles. The molecule has 0 aliphatic heterocycles. The molecule has 1 aliphatic rings. The maximum atomic E-state index is 12.2. The second kappa shape index (κ2) is 2.68. The summed E-state index contributed by atoms with van der Waals surface area (Å²) in [4.78, 5) is 0. The highest BCUT2D eigenvalue weighted by molar-refractivity contribution is 4.83. The van der Waals surface area contributed by atoms with Crippen molar-refractivity contribution in [1.29, 1.82) is 0 Å². The molecular weight excluding hydrogens is 153 g/mol. The van der Waals surface area contributed by atoms with Crippen molar-refractivity contribution in [3.05, 3.63) is 0 Å². The van der Waals surface area contributed by atoms with Gasteiger partial charge in [0.25, 0.3) is 0 Å². The van der Waals surface area contributed by atoms with Gasteiger partial charge in [-0.2, -0.15) is 13.2 Å². The molecule has 3 heteroatoms. The average molecular weight is 166 g/mol. The van der Waals surface area contributed by atoms with E-state index in [1.165, 1.54) is 0 Å². The molecule has 0 aromatic rings. The number of rotatable bonds is 0. The largest absolute Gasteiger partial charge is 0.392 e. The third-order valence-corrected chi connectivity index (χ3v) is 2.54. The minimum Gasteiger partial charge on any atom is -0.171 e. The smallest absolute Gasteiger partial charge is 0.171 e. The Balaban J connectivity index is 2.60. The normalized spacial score (nSPS) is 39.5. The number of hydrogen-bond acceptors (Lipinski definition) is 0. The van der Waals surface area contributed by atoms with E-state index >= 15 is 0 Å². The van der Waals surface area contributed by atoms with Crippen LogP contribution in [0.4, 0.5) is 13.2 Å². The van der Waals surface area contributed by atoms with Gasteiger partial charge in [0, 0.05) is 0 Å². The second-order valence-corrected chi connectivity index (χ2v) is 3.70. The fraction of sp³-hybridized carbons (Fsp3) is 1.00. The fourth-order valence-electron chi connectivity index (χ4n) is 2.02. The summed E-state index contributed by atoms with van der Waals surface area (Å²) in [5, 5.41) is 0. The lowest BCUT2D eigenvalue weighted by molar-refractivity contribution is -0.182. The van der Waals surface area contributed by atoms with Gasteiger partial charge in [0.2, 0.25) is 0 Å². The molecule has 0 aromatic heterocycles. The van der Waals surface area contributed by atoms with E-state index in [4.69, 9.17) is 0 Å². The molecule has 0 spiro atoms. The molecule has 0 bridgehead atoms. The summed E-state index contributed by atoms with van der Waals surface area (Å²) in [5.74, 6) is -0.973. The average Bonchev–Trinajstić information content (AvgIpc) is 2.08. The van der Waals surface area contributed by atoms with Crippen molar-refractivity contribution in [1.82, 2.24) is 0 Å². The van der Waals surface area contributed by atoms with Gasteiger partial charge in [-0.1, -0.05) is 13.8 Å². The molecule has 0 amide bonds. The number of alkyl halides is 3. The van der Waals surface area contributed by atoms with Gasteiger partial charge < -0.3 is 0 Å². The van der Waals surface area contributed by atoms with Crippen LogP contribution in [0.1, 0.15) is 26.7 Å². The summed E-state index contributed by atoms with van der Waals surface area (Å²) in [6, 6.07) is 0. The predicted molar refractivity (Wildman–Crippen MR) is 37.1 cm³/mol. The molecule has 11 heavy (non-hydrogen) atoms. The van der Waals surface area contributed by atoms with Crippen LogP contribution < -0.4 is 0 Å². The lowest BCUT2D eigenvalue weighted by Gasteiger charge is -2.18. The lowest BCUT2D eigenvalue weighted by atomic mass is 9.98. The maximum absolute atomic E-state index is 12.2. The van der Waals surface area contributed by atoms with Crippen LogP contribution in [0.2, 0.25) is 0 Å². The Labute approximate surface area is 64.8 Å². The van der Waals surface area contributed by atoms with Crippen molar-refractivity contribution in [3.63, 3.8) is 0 Å². The molecule has 0 N–H and O–H groups in total. The summed E-state index contributed by atoms with van der Waals surface area (Å²) in [6.45, 7) is 3.59. The van der Waals surface area contributed by atoms with Gasteiger partial charge in [0.1, 0.15) is 0 Å². The van der Waals surface area contributed by atoms with Crippen molar-refractivity contribution in [2.24, 2.45) is 17.8 Å². The summed E-state index contributed by atoms with van der Waals surface area (Å²) in [6.07, 6.45) is -2.92. The molecular formula is C8H13F3. The van der Waals surface area contributed by atoms with Crippen LogP contribution in [-0.4, -0.2) is 6.18 Å². The van der Waals surface area contributed by atoms with Gasteiger partial charge >= 0.3 is 6.18 Å². The van der Waals surface area contributed by atoms with Crippen LogP contribution >= 0.6 is 0 Å². The van der Waals surface area contributed by atoms with Crippen LogP contribution in [-0.2, 0) is 0 Å². The Bertz CT molecular complexity index is 139. The first kappa shape index (κ1) is 8.88. The third-order valence-electron chi connectivity index (χ3n) is 2.54. The highest BCUT2D eigenvalue weighted by Gasteiger charge is 2.46. The molecule has 0 aromatic carbocycles. The van der Waals surface area contributed by atoms with E-state index in [1.54, 1.807) is 6.92 Å². The van der Waals surface area contributed by atoms with Gasteiger partial charge in [0.15, 0.2) is 0 Å². The SMILES string of the molecule is CC1CC(C)C(C(F)(F)F)C1. The van der Waals surface area contributed by atoms with Crippen LogP contribution in [0, 0.1) is 17.8 Å². The zero-order valence-corrected chi connectivity index (χ0v) is 6.78. The summed E-state index contributed by atoms with van der Waals surface area (Å²) >= 11 is 0. The molecule has 3 atom stereocenters. The Morgan fingerprint density at radius 1 is 1.09 bits per heavy atom. The Hall–Kier alpha value is -0.210. The van der Waals surface area contributed by atoms with Crippen molar-refractivity contribution in [2.45, 2.75) is 32.9 Å². The fourth-order valence-corrected chi connectivity index (χ4v) is 2.02. The van der Waals surface area contributed by atoms with Gasteiger partial charge in [0.05, 0.1) is 5.92 Å². The molecule has 1 aliphatic carbocycles. The van der Waals surface area contributed by atoms with Crippen LogP contribution in [0.5, 0.6) is 0 Å². The van der Waals surface area contributed by atoms with E-state index in [0.717, 1.165) is 6.42 Å². The van der Waals surface area contributed by atoms with Crippen molar-refractivity contribution in [2.75, 3.05) is 0 Å². The van der Waals surface area contributed by atoms with Gasteiger partial charge in [-0.05, 0) is 24.7 Å². The minimum absolute atomic E-state index is 0.176. The predicted octanol–water partition coefficient (Wildman–Crippen LogP) is 3.23. The first-order valence-electron chi connectivity index (χ1n) is 3.98. The molecule has 0 heterocycles. The summed E-state index contributed by atoms with van der Waals surface area (Å²) in [7, 11) is 0. The zero-order chi connectivity index (χ0) is 8.65. The molecule has 66 valence electrons. The van der Waals surface area contributed by atoms with Crippen LogP contribution in [0.15, 0.2) is 0 Å². The number of hydrogen-bond donors (Lipinski definition) is 0. The van der Waals surface area contributed by atoms with E-state index in [2.05, 4.69) is 0 Å². The van der Waals surface area contributed by atoms with E-state index in [0.29, 0.717) is 6.42 Å². The Morgan fingerprint density at radius 3 is 1.82 bits per heavy atom. The monoisotopic (exact) mass is 166 g/mol. The molecule has 1 fully saturated rings. The van der Waals surface area contributed by atoms with E-state index in [-0.39, 0.29) is 11.8 Å². The first-order valence-corrected chi connectivity index (χ1v) is 3.98. The maximum Gasteiger partial charge on any atom is 0.392 e. The molecule has 1 rings (SSSR count). The standard InChI is InChI=1S/C8H13F3/c1-5-3-6(2)7(4-5)8(9,10)11/h5-7H,3-4H2,1-2H3. The Morgan fingerprint density at radius 2 is 1.64 bits per heavy atom. The van der Waals surface area contributed by atoms with Crippen molar-refractivity contribution < 1.29 is 13.2 Å².